The zero-order valence-electron chi connectivity index (χ0n) is 15.9. The second kappa shape index (κ2) is 9.21. The van der Waals surface area contributed by atoms with Gasteiger partial charge < -0.3 is 9.73 Å². The Bertz CT molecular complexity index is 902. The van der Waals surface area contributed by atoms with E-state index >= 15 is 0 Å². The lowest BCUT2D eigenvalue weighted by Crippen LogP contribution is -2.40. The number of carbonyl (C=O) groups excluding carboxylic acids is 1. The number of benzene rings is 1. The van der Waals surface area contributed by atoms with E-state index in [1.54, 1.807) is 30.3 Å². The van der Waals surface area contributed by atoms with Crippen molar-refractivity contribution in [2.45, 2.75) is 50.1 Å². The summed E-state index contributed by atoms with van der Waals surface area (Å²) in [7, 11) is -3.62. The molecule has 0 aliphatic heterocycles. The highest BCUT2D eigenvalue weighted by molar-refractivity contribution is 7.89. The van der Waals surface area contributed by atoms with Crippen molar-refractivity contribution in [3.8, 4) is 0 Å². The minimum Gasteiger partial charge on any atom is -0.468 e. The molecule has 1 heterocycles. The van der Waals surface area contributed by atoms with Gasteiger partial charge in [-0.2, -0.15) is 0 Å². The van der Waals surface area contributed by atoms with E-state index in [9.17, 15) is 13.2 Å². The van der Waals surface area contributed by atoms with E-state index in [0.29, 0.717) is 11.7 Å². The molecule has 28 heavy (non-hydrogen) atoms. The lowest BCUT2D eigenvalue weighted by atomic mass is 9.86. The van der Waals surface area contributed by atoms with Crippen LogP contribution in [0.1, 0.15) is 43.9 Å². The summed E-state index contributed by atoms with van der Waals surface area (Å²) < 4.78 is 32.3. The molecule has 3 rings (SSSR count). The van der Waals surface area contributed by atoms with E-state index in [1.807, 2.05) is 0 Å². The molecule has 7 heteroatoms. The van der Waals surface area contributed by atoms with Crippen LogP contribution in [0.2, 0.25) is 0 Å². The van der Waals surface area contributed by atoms with E-state index in [1.165, 1.54) is 30.9 Å². The molecule has 6 nitrogen and oxygen atoms in total. The van der Waals surface area contributed by atoms with Crippen molar-refractivity contribution < 1.29 is 17.6 Å². The molecule has 0 saturated heterocycles. The Labute approximate surface area is 166 Å². The van der Waals surface area contributed by atoms with Gasteiger partial charge in [-0.15, -0.1) is 0 Å². The smallest absolute Gasteiger partial charge is 0.244 e. The van der Waals surface area contributed by atoms with Crippen LogP contribution in [-0.4, -0.2) is 20.4 Å². The van der Waals surface area contributed by atoms with Crippen LogP contribution >= 0.6 is 0 Å². The standard InChI is InChI=1S/C21H26N2O4S/c1-16-5-2-3-7-20(16)23-21(24)13-10-17-8-11-19(12-9-17)28(25,26)22-15-18-6-4-14-27-18/h4,6,8-14,16,20,22H,2-3,5,7,15H2,1H3,(H,23,24)/b13-10+/t16-,20-/m1/s1. The van der Waals surface area contributed by atoms with Gasteiger partial charge >= 0.3 is 0 Å². The normalized spacial score (nSPS) is 20.3. The van der Waals surface area contributed by atoms with Crippen molar-refractivity contribution in [1.29, 1.82) is 0 Å². The van der Waals surface area contributed by atoms with Crippen molar-refractivity contribution in [2.75, 3.05) is 0 Å². The molecule has 1 aliphatic rings. The van der Waals surface area contributed by atoms with E-state index in [-0.39, 0.29) is 23.4 Å². The highest BCUT2D eigenvalue weighted by atomic mass is 32.2. The molecule has 0 spiro atoms. The molecular weight excluding hydrogens is 376 g/mol. The molecule has 0 radical (unpaired) electrons. The molecular formula is C21H26N2O4S. The zero-order chi connectivity index (χ0) is 20.0. The van der Waals surface area contributed by atoms with Gasteiger partial charge in [0, 0.05) is 12.1 Å². The number of sulfonamides is 1. The van der Waals surface area contributed by atoms with Crippen molar-refractivity contribution in [3.63, 3.8) is 0 Å². The predicted octanol–water partition coefficient (Wildman–Crippen LogP) is 3.47. The van der Waals surface area contributed by atoms with E-state index in [0.717, 1.165) is 24.8 Å². The van der Waals surface area contributed by atoms with Crippen molar-refractivity contribution >= 4 is 22.0 Å². The quantitative estimate of drug-likeness (QED) is 0.694. The molecule has 1 aromatic carbocycles. The lowest BCUT2D eigenvalue weighted by Gasteiger charge is -2.29. The molecule has 2 N–H and O–H groups in total. The Kier molecular flexibility index (Phi) is 6.70. The lowest BCUT2D eigenvalue weighted by molar-refractivity contribution is -0.117. The topological polar surface area (TPSA) is 88.4 Å². The van der Waals surface area contributed by atoms with Crippen LogP contribution in [-0.2, 0) is 21.4 Å². The van der Waals surface area contributed by atoms with Gasteiger partial charge in [0.2, 0.25) is 15.9 Å². The molecule has 2 aromatic rings. The fourth-order valence-corrected chi connectivity index (χ4v) is 4.35. The summed E-state index contributed by atoms with van der Waals surface area (Å²) in [6.07, 6.45) is 9.25. The largest absolute Gasteiger partial charge is 0.468 e. The summed E-state index contributed by atoms with van der Waals surface area (Å²) in [5, 5.41) is 3.06. The summed E-state index contributed by atoms with van der Waals surface area (Å²) in [5.41, 5.74) is 0.761. The third-order valence-corrected chi connectivity index (χ3v) is 6.49. The van der Waals surface area contributed by atoms with Gasteiger partial charge in [-0.25, -0.2) is 13.1 Å². The van der Waals surface area contributed by atoms with Crippen LogP contribution in [0, 0.1) is 5.92 Å². The van der Waals surface area contributed by atoms with Crippen LogP contribution in [0.3, 0.4) is 0 Å². The first-order valence-electron chi connectivity index (χ1n) is 9.55. The second-order valence-corrected chi connectivity index (χ2v) is 8.95. The average molecular weight is 403 g/mol. The summed E-state index contributed by atoms with van der Waals surface area (Å²) in [5.74, 6) is 0.932. The van der Waals surface area contributed by atoms with Gasteiger partial charge in [-0.1, -0.05) is 31.9 Å². The van der Waals surface area contributed by atoms with Crippen molar-refractivity contribution in [2.24, 2.45) is 5.92 Å². The third-order valence-electron chi connectivity index (χ3n) is 5.07. The van der Waals surface area contributed by atoms with E-state index < -0.39 is 10.0 Å². The number of amides is 1. The predicted molar refractivity (Wildman–Crippen MR) is 108 cm³/mol. The van der Waals surface area contributed by atoms with Gasteiger partial charge in [-0.3, -0.25) is 4.79 Å². The summed E-state index contributed by atoms with van der Waals surface area (Å²) >= 11 is 0. The SMILES string of the molecule is C[C@@H]1CCCC[C@H]1NC(=O)/C=C/c1ccc(S(=O)(=O)NCc2ccco2)cc1. The van der Waals surface area contributed by atoms with Crippen molar-refractivity contribution in [1.82, 2.24) is 10.0 Å². The minimum atomic E-state index is -3.62. The first-order valence-corrected chi connectivity index (χ1v) is 11.0. The maximum atomic E-state index is 12.3. The van der Waals surface area contributed by atoms with Crippen LogP contribution < -0.4 is 10.0 Å². The highest BCUT2D eigenvalue weighted by Gasteiger charge is 2.21. The van der Waals surface area contributed by atoms with Gasteiger partial charge in [0.25, 0.3) is 0 Å². The third kappa shape index (κ3) is 5.56. The Morgan fingerprint density at radius 1 is 1.18 bits per heavy atom. The monoisotopic (exact) mass is 402 g/mol. The maximum Gasteiger partial charge on any atom is 0.244 e. The van der Waals surface area contributed by atoms with E-state index in [4.69, 9.17) is 4.42 Å². The first-order chi connectivity index (χ1) is 13.4. The number of hydrogen-bond acceptors (Lipinski definition) is 4. The average Bonchev–Trinajstić information content (AvgIpc) is 3.21. The summed E-state index contributed by atoms with van der Waals surface area (Å²) in [6, 6.07) is 10.0. The van der Waals surface area contributed by atoms with Crippen LogP contribution in [0.5, 0.6) is 0 Å². The van der Waals surface area contributed by atoms with E-state index in [2.05, 4.69) is 17.0 Å². The molecule has 150 valence electrons. The summed E-state index contributed by atoms with van der Waals surface area (Å²) in [4.78, 5) is 12.3. The number of carbonyl (C=O) groups is 1. The van der Waals surface area contributed by atoms with Gasteiger partial charge in [0.15, 0.2) is 0 Å². The van der Waals surface area contributed by atoms with Gasteiger partial charge in [0.05, 0.1) is 17.7 Å². The molecule has 2 atom stereocenters. The second-order valence-electron chi connectivity index (χ2n) is 7.18. The Morgan fingerprint density at radius 2 is 1.93 bits per heavy atom. The number of hydrogen-bond donors (Lipinski definition) is 2. The fraction of sp³-hybridized carbons (Fsp3) is 0.381. The molecule has 1 amide bonds. The van der Waals surface area contributed by atoms with Crippen LogP contribution in [0.15, 0.2) is 58.1 Å². The van der Waals surface area contributed by atoms with Crippen molar-refractivity contribution in [3.05, 3.63) is 60.1 Å². The molecule has 1 aliphatic carbocycles. The molecule has 1 saturated carbocycles. The molecule has 0 bridgehead atoms. The maximum absolute atomic E-state index is 12.3. The zero-order valence-corrected chi connectivity index (χ0v) is 16.7. The highest BCUT2D eigenvalue weighted by Crippen LogP contribution is 2.23. The Morgan fingerprint density at radius 3 is 2.61 bits per heavy atom. The number of rotatable bonds is 7. The van der Waals surface area contributed by atoms with Crippen LogP contribution in [0.25, 0.3) is 6.08 Å². The Hall–Kier alpha value is -2.38. The minimum absolute atomic E-state index is 0.0940. The first kappa shape index (κ1) is 20.4. The van der Waals surface area contributed by atoms with Gasteiger partial charge in [0.1, 0.15) is 5.76 Å². The Balaban J connectivity index is 1.55. The number of nitrogens with one attached hydrogen (secondary N) is 2. The fourth-order valence-electron chi connectivity index (χ4n) is 3.35. The van der Waals surface area contributed by atoms with Gasteiger partial charge in [-0.05, 0) is 54.7 Å². The molecule has 1 aromatic heterocycles. The summed E-state index contributed by atoms with van der Waals surface area (Å²) in [6.45, 7) is 2.27. The molecule has 1 fully saturated rings. The number of furan rings is 1. The van der Waals surface area contributed by atoms with Crippen LogP contribution in [0.4, 0.5) is 0 Å². The molecule has 0 unspecified atom stereocenters.